The molecular weight excluding hydrogens is 370 g/mol. The minimum atomic E-state index is -3.81. The van der Waals surface area contributed by atoms with Gasteiger partial charge in [0.15, 0.2) is 11.1 Å². The number of nitrogens with zero attached hydrogens (tertiary/aromatic N) is 1. The maximum absolute atomic E-state index is 13.2. The first-order valence-electron chi connectivity index (χ1n) is 8.86. The topological polar surface area (TPSA) is 62.1 Å². The molecule has 0 aliphatic rings. The van der Waals surface area contributed by atoms with Crippen LogP contribution in [0.3, 0.4) is 0 Å². The molecule has 140 valence electrons. The number of anilines is 3. The van der Waals surface area contributed by atoms with Crippen molar-refractivity contribution in [2.24, 2.45) is 7.05 Å². The van der Waals surface area contributed by atoms with E-state index in [0.29, 0.717) is 11.4 Å². The van der Waals surface area contributed by atoms with Crippen LogP contribution in [0.4, 0.5) is 17.1 Å². The fourth-order valence-corrected chi connectivity index (χ4v) is 4.43. The van der Waals surface area contributed by atoms with Crippen LogP contribution in [0.25, 0.3) is 10.9 Å². The highest BCUT2D eigenvalue weighted by atomic mass is 32.2. The van der Waals surface area contributed by atoms with Gasteiger partial charge in [0.2, 0.25) is 5.52 Å². The molecule has 1 heterocycles. The molecule has 0 fully saturated rings. The number of pyridine rings is 1. The summed E-state index contributed by atoms with van der Waals surface area (Å²) < 4.78 is 31.0. The number of hydrogen-bond acceptors (Lipinski definition) is 3. The van der Waals surface area contributed by atoms with Crippen molar-refractivity contribution >= 4 is 38.0 Å². The van der Waals surface area contributed by atoms with Gasteiger partial charge < -0.3 is 5.32 Å². The third-order valence-corrected chi connectivity index (χ3v) is 5.86. The second-order valence-corrected chi connectivity index (χ2v) is 8.11. The van der Waals surface area contributed by atoms with E-state index in [-0.39, 0.29) is 4.90 Å². The smallest absolute Gasteiger partial charge is 0.269 e. The predicted octanol–water partition coefficient (Wildman–Crippen LogP) is 4.21. The number of para-hydroxylation sites is 3. The van der Waals surface area contributed by atoms with Gasteiger partial charge >= 0.3 is 0 Å². The van der Waals surface area contributed by atoms with E-state index >= 15 is 0 Å². The van der Waals surface area contributed by atoms with Gasteiger partial charge in [-0.05, 0) is 30.3 Å². The van der Waals surface area contributed by atoms with Crippen LogP contribution in [-0.2, 0) is 17.1 Å². The van der Waals surface area contributed by atoms with Crippen molar-refractivity contribution in [1.82, 2.24) is 0 Å². The molecule has 0 radical (unpaired) electrons. The van der Waals surface area contributed by atoms with Gasteiger partial charge in [0.05, 0.1) is 11.1 Å². The first-order chi connectivity index (χ1) is 13.5. The first-order valence-corrected chi connectivity index (χ1v) is 10.3. The van der Waals surface area contributed by atoms with Crippen LogP contribution in [-0.4, -0.2) is 8.42 Å². The molecule has 0 bridgehead atoms. The second-order valence-electron chi connectivity index (χ2n) is 6.46. The lowest BCUT2D eigenvalue weighted by Gasteiger charge is -2.15. The number of aromatic nitrogens is 1. The van der Waals surface area contributed by atoms with Crippen molar-refractivity contribution in [3.8, 4) is 0 Å². The first kappa shape index (κ1) is 18.0. The van der Waals surface area contributed by atoms with Gasteiger partial charge in [-0.2, -0.15) is 4.57 Å². The third kappa shape index (κ3) is 3.54. The van der Waals surface area contributed by atoms with Crippen LogP contribution in [0.2, 0.25) is 0 Å². The van der Waals surface area contributed by atoms with E-state index in [9.17, 15) is 8.42 Å². The van der Waals surface area contributed by atoms with Crippen LogP contribution >= 0.6 is 0 Å². The Morgan fingerprint density at radius 2 is 1.32 bits per heavy atom. The third-order valence-electron chi connectivity index (χ3n) is 4.47. The number of fused-ring (bicyclic) bond motifs is 1. The van der Waals surface area contributed by atoms with Crippen molar-refractivity contribution in [2.75, 3.05) is 10.0 Å². The van der Waals surface area contributed by atoms with E-state index in [1.807, 2.05) is 72.3 Å². The van der Waals surface area contributed by atoms with Crippen molar-refractivity contribution in [3.05, 3.63) is 91.1 Å². The second kappa shape index (κ2) is 7.32. The summed E-state index contributed by atoms with van der Waals surface area (Å²) in [5.41, 5.74) is 2.81. The fourth-order valence-electron chi connectivity index (χ4n) is 3.15. The number of benzene rings is 3. The van der Waals surface area contributed by atoms with Gasteiger partial charge in [-0.25, -0.2) is 8.42 Å². The van der Waals surface area contributed by atoms with E-state index in [0.717, 1.165) is 16.6 Å². The Balaban J connectivity index is 1.90. The fraction of sp³-hybridized carbons (Fsp3) is 0.0455. The predicted molar refractivity (Wildman–Crippen MR) is 112 cm³/mol. The number of aryl methyl sites for hydroxylation is 1. The minimum Gasteiger partial charge on any atom is -0.354 e. The van der Waals surface area contributed by atoms with E-state index in [1.165, 1.54) is 0 Å². The number of rotatable bonds is 5. The maximum Gasteiger partial charge on any atom is 0.269 e. The van der Waals surface area contributed by atoms with Crippen molar-refractivity contribution in [1.29, 1.82) is 0 Å². The molecule has 0 saturated heterocycles. The largest absolute Gasteiger partial charge is 0.354 e. The number of hydrogen-bond donors (Lipinski definition) is 2. The summed E-state index contributed by atoms with van der Waals surface area (Å²) in [6, 6.07) is 26.1. The van der Waals surface area contributed by atoms with E-state index in [4.69, 9.17) is 0 Å². The summed E-state index contributed by atoms with van der Waals surface area (Å²) in [4.78, 5) is 0.182. The van der Waals surface area contributed by atoms with Gasteiger partial charge in [-0.1, -0.05) is 48.5 Å². The zero-order chi connectivity index (χ0) is 19.6. The van der Waals surface area contributed by atoms with Crippen LogP contribution < -0.4 is 14.6 Å². The zero-order valence-corrected chi connectivity index (χ0v) is 16.1. The Morgan fingerprint density at radius 1 is 0.750 bits per heavy atom. The molecular formula is C22H20N3O2S+. The molecule has 0 atom stereocenters. The molecule has 0 aliphatic carbocycles. The molecule has 0 aliphatic heterocycles. The molecule has 3 aromatic carbocycles. The highest BCUT2D eigenvalue weighted by Gasteiger charge is 2.26. The summed E-state index contributed by atoms with van der Waals surface area (Å²) in [5, 5.41) is 4.13. The molecule has 2 N–H and O–H groups in total. The summed E-state index contributed by atoms with van der Waals surface area (Å²) in [6.45, 7) is 0. The molecule has 4 aromatic rings. The average molecular weight is 390 g/mol. The minimum absolute atomic E-state index is 0.182. The Labute approximate surface area is 164 Å². The highest BCUT2D eigenvalue weighted by Crippen LogP contribution is 2.32. The summed E-state index contributed by atoms with van der Waals surface area (Å²) >= 11 is 0. The van der Waals surface area contributed by atoms with Crippen molar-refractivity contribution in [3.63, 3.8) is 0 Å². The number of sulfonamides is 1. The van der Waals surface area contributed by atoms with Gasteiger partial charge in [-0.3, -0.25) is 4.72 Å². The van der Waals surface area contributed by atoms with E-state index < -0.39 is 10.0 Å². The lowest BCUT2D eigenvalue weighted by Crippen LogP contribution is -2.31. The molecule has 0 saturated carbocycles. The molecule has 1 aromatic heterocycles. The molecule has 28 heavy (non-hydrogen) atoms. The van der Waals surface area contributed by atoms with Crippen LogP contribution in [0.15, 0.2) is 96.0 Å². The number of nitrogens with one attached hydrogen (secondary N) is 2. The SMILES string of the molecule is C[n+]1cc(S(=O)(=O)Nc2ccccc2)c(Nc2ccccc2)c2ccccc21. The lowest BCUT2D eigenvalue weighted by atomic mass is 10.1. The summed E-state index contributed by atoms with van der Waals surface area (Å²) in [5.74, 6) is 0. The Kier molecular flexibility index (Phi) is 4.71. The molecule has 0 amide bonds. The standard InChI is InChI=1S/C22H19N3O2S/c1-25-16-21(28(26,27)24-18-12-6-3-7-13-18)22(19-14-8-9-15-20(19)25)23-17-10-4-2-5-11-17/h2-16,24H,1H3/p+1. The highest BCUT2D eigenvalue weighted by molar-refractivity contribution is 7.92. The molecule has 6 heteroatoms. The van der Waals surface area contributed by atoms with Gasteiger partial charge in [0.1, 0.15) is 7.05 Å². The van der Waals surface area contributed by atoms with Crippen LogP contribution in [0.1, 0.15) is 0 Å². The van der Waals surface area contributed by atoms with Crippen LogP contribution in [0, 0.1) is 0 Å². The van der Waals surface area contributed by atoms with Gasteiger partial charge in [-0.15, -0.1) is 0 Å². The Bertz CT molecular complexity index is 1220. The normalized spacial score (nSPS) is 11.3. The maximum atomic E-state index is 13.2. The molecule has 4 rings (SSSR count). The van der Waals surface area contributed by atoms with Gasteiger partial charge in [0.25, 0.3) is 10.0 Å². The molecule has 0 spiro atoms. The lowest BCUT2D eigenvalue weighted by molar-refractivity contribution is -0.646. The molecule has 5 nitrogen and oxygen atoms in total. The van der Waals surface area contributed by atoms with Crippen LogP contribution in [0.5, 0.6) is 0 Å². The molecule has 0 unspecified atom stereocenters. The summed E-state index contributed by atoms with van der Waals surface area (Å²) in [7, 11) is -1.97. The summed E-state index contributed by atoms with van der Waals surface area (Å²) in [6.07, 6.45) is 1.64. The van der Waals surface area contributed by atoms with Crippen molar-refractivity contribution in [2.45, 2.75) is 4.90 Å². The quantitative estimate of drug-likeness (QED) is 0.502. The van der Waals surface area contributed by atoms with E-state index in [2.05, 4.69) is 10.0 Å². The van der Waals surface area contributed by atoms with Gasteiger partial charge in [0, 0.05) is 17.4 Å². The Morgan fingerprint density at radius 3 is 2.00 bits per heavy atom. The van der Waals surface area contributed by atoms with E-state index in [1.54, 1.807) is 30.5 Å². The Hall–Kier alpha value is -3.38. The average Bonchev–Trinajstić information content (AvgIpc) is 2.71. The zero-order valence-electron chi connectivity index (χ0n) is 15.3. The monoisotopic (exact) mass is 390 g/mol. The van der Waals surface area contributed by atoms with Crippen molar-refractivity contribution < 1.29 is 13.0 Å².